The molecule has 3 aliphatic heterocycles. The summed E-state index contributed by atoms with van der Waals surface area (Å²) < 4.78 is 32.9. The first-order chi connectivity index (χ1) is 19.6. The molecule has 1 aliphatic carbocycles. The number of carbonyl (C=O) groups excluding carboxylic acids is 3. The van der Waals surface area contributed by atoms with Gasteiger partial charge in [-0.2, -0.15) is 0 Å². The number of hydrogen-bond donors (Lipinski definition) is 5. The van der Waals surface area contributed by atoms with Crippen molar-refractivity contribution >= 4 is 18.2 Å². The van der Waals surface area contributed by atoms with Crippen LogP contribution in [0, 0.1) is 35.5 Å². The molecular weight excluding hydrogens is 548 g/mol. The zero-order valence-electron chi connectivity index (χ0n) is 22.8. The van der Waals surface area contributed by atoms with E-state index in [1.165, 1.54) is 13.2 Å². The average molecular weight is 587 g/mol. The maximum Gasteiger partial charge on any atom is 0.337 e. The van der Waals surface area contributed by atoms with Crippen LogP contribution in [0.2, 0.25) is 0 Å². The Morgan fingerprint density at radius 2 is 1.88 bits per heavy atom. The van der Waals surface area contributed by atoms with E-state index in [2.05, 4.69) is 6.58 Å². The van der Waals surface area contributed by atoms with Gasteiger partial charge in [0.05, 0.1) is 38.1 Å². The summed E-state index contributed by atoms with van der Waals surface area (Å²) in [6, 6.07) is 0. The molecule has 0 bridgehead atoms. The molecule has 0 radical (unpaired) electrons. The van der Waals surface area contributed by atoms with Gasteiger partial charge in [0.25, 0.3) is 0 Å². The first kappa shape index (κ1) is 31.5. The van der Waals surface area contributed by atoms with Gasteiger partial charge in [0.1, 0.15) is 36.8 Å². The summed E-state index contributed by atoms with van der Waals surface area (Å²) >= 11 is 0. The largest absolute Gasteiger partial charge is 0.471 e. The molecule has 5 N–H and O–H groups in total. The molecule has 1 saturated carbocycles. The number of hydrogen-bond acceptors (Lipinski definition) is 14. The van der Waals surface area contributed by atoms with E-state index < -0.39 is 91.6 Å². The number of esters is 2. The number of fused-ring (bicyclic) bond motifs is 1. The lowest BCUT2D eigenvalue weighted by Gasteiger charge is -2.43. The summed E-state index contributed by atoms with van der Waals surface area (Å²) in [5.74, 6) is -4.65. The van der Waals surface area contributed by atoms with Gasteiger partial charge in [-0.15, -0.1) is 6.58 Å². The topological polar surface area (TPSA) is 208 Å². The van der Waals surface area contributed by atoms with E-state index in [4.69, 9.17) is 28.4 Å². The third-order valence-corrected chi connectivity index (χ3v) is 8.73. The normalized spacial score (nSPS) is 44.1. The van der Waals surface area contributed by atoms with Gasteiger partial charge < -0.3 is 58.7 Å². The Bertz CT molecular complexity index is 998. The Morgan fingerprint density at radius 3 is 2.51 bits per heavy atom. The summed E-state index contributed by atoms with van der Waals surface area (Å²) in [6.07, 6.45) is -7.46. The molecule has 41 heavy (non-hydrogen) atoms. The summed E-state index contributed by atoms with van der Waals surface area (Å²) in [4.78, 5) is 37.3. The lowest BCUT2D eigenvalue weighted by molar-refractivity contribution is -0.339. The maximum atomic E-state index is 13.4. The monoisotopic (exact) mass is 586 g/mol. The third kappa shape index (κ3) is 6.06. The molecule has 4 aliphatic rings. The summed E-state index contributed by atoms with van der Waals surface area (Å²) in [5, 5.41) is 50.4. The maximum absolute atomic E-state index is 13.4. The third-order valence-electron chi connectivity index (χ3n) is 8.73. The highest BCUT2D eigenvalue weighted by Crippen LogP contribution is 2.48. The van der Waals surface area contributed by atoms with Crippen molar-refractivity contribution in [2.75, 3.05) is 20.3 Å². The van der Waals surface area contributed by atoms with Crippen LogP contribution in [0.5, 0.6) is 0 Å². The summed E-state index contributed by atoms with van der Waals surface area (Å²) in [7, 11) is 1.27. The van der Waals surface area contributed by atoms with Crippen LogP contribution in [0.25, 0.3) is 0 Å². The number of aliphatic hydroxyl groups excluding tert-OH is 5. The predicted octanol–water partition coefficient (Wildman–Crippen LogP) is -1.63. The number of methoxy groups -OCH3 is 1. The molecule has 14 atom stereocenters. The van der Waals surface area contributed by atoms with E-state index in [1.807, 2.05) is 0 Å². The number of ether oxygens (including phenoxy) is 6. The summed E-state index contributed by atoms with van der Waals surface area (Å²) in [6.45, 7) is 4.88. The fourth-order valence-corrected chi connectivity index (χ4v) is 6.39. The fraction of sp³-hybridized carbons (Fsp3) is 0.741. The van der Waals surface area contributed by atoms with Crippen LogP contribution in [0.4, 0.5) is 0 Å². The van der Waals surface area contributed by atoms with Crippen LogP contribution >= 0.6 is 0 Å². The van der Waals surface area contributed by atoms with Crippen molar-refractivity contribution in [1.82, 2.24) is 0 Å². The van der Waals surface area contributed by atoms with E-state index in [1.54, 1.807) is 6.92 Å². The Kier molecular flexibility index (Phi) is 10.2. The summed E-state index contributed by atoms with van der Waals surface area (Å²) in [5.41, 5.74) is 0.0269. The Balaban J connectivity index is 1.50. The number of rotatable bonds is 9. The molecule has 3 fully saturated rings. The SMILES string of the molecule is C=C[C@@H]1[C@H](O[C@@H]2O[C@H](CO)[C@@H](O)[C@H](O)[C@H]2O)OC=C(C(=O)O[C@H]2C[C@H]3[C@@H]([C@H]2C)[C@H](O)OC[C@@H]3C(=O)OC)[C@H]1CC=O. The molecule has 0 aromatic carbocycles. The highest BCUT2D eigenvalue weighted by Gasteiger charge is 2.54. The number of carbonyl (C=O) groups is 3. The zero-order valence-corrected chi connectivity index (χ0v) is 22.8. The molecular formula is C27H38O14. The van der Waals surface area contributed by atoms with Crippen LogP contribution < -0.4 is 0 Å². The van der Waals surface area contributed by atoms with Crippen molar-refractivity contribution < 1.29 is 68.3 Å². The van der Waals surface area contributed by atoms with Crippen molar-refractivity contribution in [2.45, 2.75) is 69.2 Å². The van der Waals surface area contributed by atoms with Crippen LogP contribution in [0.3, 0.4) is 0 Å². The molecule has 0 amide bonds. The van der Waals surface area contributed by atoms with Gasteiger partial charge in [0.15, 0.2) is 12.6 Å². The van der Waals surface area contributed by atoms with Crippen molar-refractivity contribution in [3.05, 3.63) is 24.5 Å². The zero-order chi connectivity index (χ0) is 30.0. The van der Waals surface area contributed by atoms with Crippen LogP contribution in [-0.4, -0.2) is 113 Å². The van der Waals surface area contributed by atoms with Gasteiger partial charge >= 0.3 is 11.9 Å². The average Bonchev–Trinajstić information content (AvgIpc) is 3.29. The second kappa shape index (κ2) is 13.3. The molecule has 14 nitrogen and oxygen atoms in total. The first-order valence-corrected chi connectivity index (χ1v) is 13.5. The molecule has 4 rings (SSSR count). The van der Waals surface area contributed by atoms with Crippen molar-refractivity contribution in [3.8, 4) is 0 Å². The van der Waals surface area contributed by atoms with E-state index in [9.17, 15) is 39.9 Å². The number of aliphatic hydroxyl groups is 5. The molecule has 0 aromatic heterocycles. The molecule has 3 heterocycles. The quantitative estimate of drug-likeness (QED) is 0.117. The molecule has 2 saturated heterocycles. The van der Waals surface area contributed by atoms with Gasteiger partial charge in [-0.1, -0.05) is 13.0 Å². The van der Waals surface area contributed by atoms with Crippen LogP contribution in [-0.2, 0) is 42.8 Å². The Labute approximate surface area is 236 Å². The van der Waals surface area contributed by atoms with Crippen molar-refractivity contribution in [2.24, 2.45) is 35.5 Å². The number of aldehydes is 1. The van der Waals surface area contributed by atoms with E-state index in [-0.39, 0.29) is 36.9 Å². The van der Waals surface area contributed by atoms with Gasteiger partial charge in [-0.05, 0) is 12.3 Å². The smallest absolute Gasteiger partial charge is 0.337 e. The molecule has 14 heteroatoms. The molecule has 0 unspecified atom stereocenters. The highest BCUT2D eigenvalue weighted by atomic mass is 16.8. The lowest BCUT2D eigenvalue weighted by Crippen LogP contribution is -2.60. The molecule has 0 spiro atoms. The van der Waals surface area contributed by atoms with E-state index in [0.717, 1.165) is 6.26 Å². The van der Waals surface area contributed by atoms with E-state index >= 15 is 0 Å². The lowest BCUT2D eigenvalue weighted by atomic mass is 9.79. The van der Waals surface area contributed by atoms with Gasteiger partial charge in [-0.25, -0.2) is 4.79 Å². The Hall–Kier alpha value is -2.43. The second-order valence-electron chi connectivity index (χ2n) is 10.9. The minimum atomic E-state index is -1.69. The minimum absolute atomic E-state index is 0.0142. The van der Waals surface area contributed by atoms with Gasteiger partial charge in [-0.3, -0.25) is 4.79 Å². The predicted molar refractivity (Wildman–Crippen MR) is 134 cm³/mol. The second-order valence-corrected chi connectivity index (χ2v) is 10.9. The van der Waals surface area contributed by atoms with Gasteiger partial charge in [0.2, 0.25) is 6.29 Å². The Morgan fingerprint density at radius 1 is 1.15 bits per heavy atom. The van der Waals surface area contributed by atoms with Crippen molar-refractivity contribution in [1.29, 1.82) is 0 Å². The van der Waals surface area contributed by atoms with Crippen molar-refractivity contribution in [3.63, 3.8) is 0 Å². The van der Waals surface area contributed by atoms with Crippen LogP contribution in [0.15, 0.2) is 24.5 Å². The molecule has 230 valence electrons. The molecule has 0 aromatic rings. The standard InChI is InChI=1S/C27H38O14/c1-4-12-13(5-6-28)15(10-38-26(12)41-27-22(32)21(31)20(30)18(8-29)40-27)24(34)39-17-7-14-16(23(33)36-3)9-37-25(35)19(14)11(17)2/h4,6,10-14,16-22,25-27,29-32,35H,1,5,7-9H2,2-3H3/t11-,12-,13-,14+,16-,17-,18+,19+,20+,21-,22+,25+,26-,27-/m0/s1. The highest BCUT2D eigenvalue weighted by molar-refractivity contribution is 5.89. The van der Waals surface area contributed by atoms with Crippen LogP contribution in [0.1, 0.15) is 19.8 Å². The van der Waals surface area contributed by atoms with E-state index in [0.29, 0.717) is 6.29 Å². The fourth-order valence-electron chi connectivity index (χ4n) is 6.39. The first-order valence-electron chi connectivity index (χ1n) is 13.5. The minimum Gasteiger partial charge on any atom is -0.471 e. The van der Waals surface area contributed by atoms with Gasteiger partial charge in [0, 0.05) is 30.1 Å².